The quantitative estimate of drug-likeness (QED) is 0.632. The summed E-state index contributed by atoms with van der Waals surface area (Å²) in [4.78, 5) is 10.5. The Kier molecular flexibility index (Phi) is 7.98. The Morgan fingerprint density at radius 2 is 1.89 bits per heavy atom. The van der Waals surface area contributed by atoms with E-state index >= 15 is 0 Å². The number of hydrogen-bond donors (Lipinski definition) is 2. The van der Waals surface area contributed by atoms with Crippen LogP contribution in [-0.4, -0.2) is 29.8 Å². The summed E-state index contributed by atoms with van der Waals surface area (Å²) in [5.74, 6) is -4.15. The molecule has 2 N–H and O–H groups in total. The molecule has 0 aromatic carbocycles. The van der Waals surface area contributed by atoms with Crippen molar-refractivity contribution in [1.82, 2.24) is 5.32 Å². The molecule has 0 bridgehead atoms. The molecule has 18 heavy (non-hydrogen) atoms. The van der Waals surface area contributed by atoms with E-state index in [4.69, 9.17) is 5.11 Å². The standard InChI is InChI=1S/C12H22F3NO2/c1-3-4-5-6-7-9(2)16-8-10(11(17)18)12(13,14)15/h9-10,16H,3-8H2,1-2H3,(H,17,18). The highest BCUT2D eigenvalue weighted by atomic mass is 19.4. The molecule has 0 aromatic rings. The first-order chi connectivity index (χ1) is 8.29. The monoisotopic (exact) mass is 269 g/mol. The SMILES string of the molecule is CCCCCCC(C)NCC(C(=O)O)C(F)(F)F. The molecule has 3 nitrogen and oxygen atoms in total. The fraction of sp³-hybridized carbons (Fsp3) is 0.917. The first-order valence-electron chi connectivity index (χ1n) is 6.32. The van der Waals surface area contributed by atoms with Gasteiger partial charge >= 0.3 is 12.1 Å². The second kappa shape index (κ2) is 8.34. The van der Waals surface area contributed by atoms with Gasteiger partial charge in [0.05, 0.1) is 0 Å². The van der Waals surface area contributed by atoms with Crippen LogP contribution in [0.15, 0.2) is 0 Å². The smallest absolute Gasteiger partial charge is 0.403 e. The van der Waals surface area contributed by atoms with Gasteiger partial charge in [0.25, 0.3) is 0 Å². The first kappa shape index (κ1) is 17.2. The highest BCUT2D eigenvalue weighted by Crippen LogP contribution is 2.26. The molecule has 6 heteroatoms. The summed E-state index contributed by atoms with van der Waals surface area (Å²) in [6.45, 7) is 3.30. The van der Waals surface area contributed by atoms with Gasteiger partial charge in [0.15, 0.2) is 5.92 Å². The van der Waals surface area contributed by atoms with Gasteiger partial charge < -0.3 is 10.4 Å². The second-order valence-corrected chi connectivity index (χ2v) is 4.59. The molecule has 0 fully saturated rings. The van der Waals surface area contributed by atoms with E-state index in [9.17, 15) is 18.0 Å². The lowest BCUT2D eigenvalue weighted by Gasteiger charge is -2.20. The molecule has 2 unspecified atom stereocenters. The average Bonchev–Trinajstić information content (AvgIpc) is 2.22. The summed E-state index contributed by atoms with van der Waals surface area (Å²) in [6, 6.07) is -0.0916. The lowest BCUT2D eigenvalue weighted by atomic mass is 10.1. The van der Waals surface area contributed by atoms with Gasteiger partial charge in [0.2, 0.25) is 0 Å². The van der Waals surface area contributed by atoms with Crippen LogP contribution in [0, 0.1) is 5.92 Å². The molecular weight excluding hydrogens is 247 g/mol. The summed E-state index contributed by atoms with van der Waals surface area (Å²) >= 11 is 0. The van der Waals surface area contributed by atoms with Crippen LogP contribution in [0.1, 0.15) is 46.0 Å². The van der Waals surface area contributed by atoms with Crippen LogP contribution in [0.2, 0.25) is 0 Å². The zero-order valence-electron chi connectivity index (χ0n) is 10.9. The van der Waals surface area contributed by atoms with Crippen molar-refractivity contribution < 1.29 is 23.1 Å². The number of alkyl halides is 3. The molecule has 0 spiro atoms. The maximum atomic E-state index is 12.4. The van der Waals surface area contributed by atoms with Crippen LogP contribution in [0.5, 0.6) is 0 Å². The Labute approximate surface area is 106 Å². The fourth-order valence-corrected chi connectivity index (χ4v) is 1.64. The van der Waals surface area contributed by atoms with Gasteiger partial charge in [-0.1, -0.05) is 32.6 Å². The Bertz CT molecular complexity index is 244. The number of hydrogen-bond acceptors (Lipinski definition) is 2. The van der Waals surface area contributed by atoms with Crippen LogP contribution in [0.25, 0.3) is 0 Å². The highest BCUT2D eigenvalue weighted by Gasteiger charge is 2.44. The normalized spacial score (nSPS) is 15.4. The third-order valence-electron chi connectivity index (χ3n) is 2.85. The van der Waals surface area contributed by atoms with Gasteiger partial charge in [0, 0.05) is 12.6 Å². The third kappa shape index (κ3) is 7.53. The Morgan fingerprint density at radius 1 is 1.28 bits per heavy atom. The van der Waals surface area contributed by atoms with E-state index in [1.165, 1.54) is 0 Å². The van der Waals surface area contributed by atoms with Crippen molar-refractivity contribution in [3.05, 3.63) is 0 Å². The minimum Gasteiger partial charge on any atom is -0.481 e. The van der Waals surface area contributed by atoms with E-state index in [0.29, 0.717) is 0 Å². The molecule has 0 saturated carbocycles. The molecule has 0 radical (unpaired) electrons. The van der Waals surface area contributed by atoms with Gasteiger partial charge in [0.1, 0.15) is 0 Å². The summed E-state index contributed by atoms with van der Waals surface area (Å²) in [6.07, 6.45) is 0.310. The molecule has 0 aromatic heterocycles. The van der Waals surface area contributed by atoms with Crippen molar-refractivity contribution in [1.29, 1.82) is 0 Å². The molecule has 0 saturated heterocycles. The summed E-state index contributed by atoms with van der Waals surface area (Å²) < 4.78 is 37.1. The fourth-order valence-electron chi connectivity index (χ4n) is 1.64. The number of rotatable bonds is 9. The molecule has 0 rings (SSSR count). The molecule has 0 amide bonds. The number of unbranched alkanes of at least 4 members (excludes halogenated alkanes) is 3. The molecule has 108 valence electrons. The minimum atomic E-state index is -4.69. The van der Waals surface area contributed by atoms with E-state index in [2.05, 4.69) is 12.2 Å². The largest absolute Gasteiger partial charge is 0.481 e. The van der Waals surface area contributed by atoms with Gasteiger partial charge in [-0.25, -0.2) is 0 Å². The number of carboxylic acids is 1. The van der Waals surface area contributed by atoms with Gasteiger partial charge in [-0.2, -0.15) is 13.2 Å². The third-order valence-corrected chi connectivity index (χ3v) is 2.85. The van der Waals surface area contributed by atoms with Gasteiger partial charge in [-0.3, -0.25) is 4.79 Å². The first-order valence-corrected chi connectivity index (χ1v) is 6.32. The molecule has 0 aliphatic rings. The Balaban J connectivity index is 3.94. The van der Waals surface area contributed by atoms with E-state index in [0.717, 1.165) is 32.1 Å². The number of carbonyl (C=O) groups is 1. The number of carboxylic acid groups (broad SMARTS) is 1. The molecule has 0 aliphatic heterocycles. The van der Waals surface area contributed by atoms with E-state index < -0.39 is 24.6 Å². The van der Waals surface area contributed by atoms with Crippen LogP contribution in [-0.2, 0) is 4.79 Å². The van der Waals surface area contributed by atoms with Crippen molar-refractivity contribution in [3.63, 3.8) is 0 Å². The summed E-state index contributed by atoms with van der Waals surface area (Å²) in [5.41, 5.74) is 0. The Hall–Kier alpha value is -0.780. The minimum absolute atomic E-state index is 0.0916. The molecule has 2 atom stereocenters. The highest BCUT2D eigenvalue weighted by molar-refractivity contribution is 5.71. The van der Waals surface area contributed by atoms with Crippen molar-refractivity contribution in [2.45, 2.75) is 58.2 Å². The zero-order chi connectivity index (χ0) is 14.2. The number of aliphatic carboxylic acids is 1. The van der Waals surface area contributed by atoms with Gasteiger partial charge in [-0.15, -0.1) is 0 Å². The van der Waals surface area contributed by atoms with Crippen molar-refractivity contribution in [2.75, 3.05) is 6.54 Å². The Morgan fingerprint density at radius 3 is 2.33 bits per heavy atom. The predicted molar refractivity (Wildman–Crippen MR) is 63.4 cm³/mol. The van der Waals surface area contributed by atoms with Crippen molar-refractivity contribution in [3.8, 4) is 0 Å². The van der Waals surface area contributed by atoms with Crippen LogP contribution in [0.4, 0.5) is 13.2 Å². The lowest BCUT2D eigenvalue weighted by molar-refractivity contribution is -0.192. The lowest BCUT2D eigenvalue weighted by Crippen LogP contribution is -2.41. The number of halogens is 3. The topological polar surface area (TPSA) is 49.3 Å². The van der Waals surface area contributed by atoms with Crippen LogP contribution >= 0.6 is 0 Å². The van der Waals surface area contributed by atoms with Gasteiger partial charge in [-0.05, 0) is 13.3 Å². The van der Waals surface area contributed by atoms with Crippen molar-refractivity contribution >= 4 is 5.97 Å². The molecule has 0 heterocycles. The average molecular weight is 269 g/mol. The van der Waals surface area contributed by atoms with Crippen LogP contribution < -0.4 is 5.32 Å². The summed E-state index contributed by atoms with van der Waals surface area (Å²) in [5, 5.41) is 11.2. The maximum absolute atomic E-state index is 12.4. The summed E-state index contributed by atoms with van der Waals surface area (Å²) in [7, 11) is 0. The molecular formula is C12H22F3NO2. The predicted octanol–water partition coefficient (Wildman–Crippen LogP) is 3.20. The van der Waals surface area contributed by atoms with Crippen LogP contribution in [0.3, 0.4) is 0 Å². The second-order valence-electron chi connectivity index (χ2n) is 4.59. The van der Waals surface area contributed by atoms with E-state index in [1.807, 2.05) is 0 Å². The van der Waals surface area contributed by atoms with E-state index in [-0.39, 0.29) is 6.04 Å². The number of nitrogens with one attached hydrogen (secondary N) is 1. The zero-order valence-corrected chi connectivity index (χ0v) is 10.9. The van der Waals surface area contributed by atoms with Crippen molar-refractivity contribution in [2.24, 2.45) is 5.92 Å². The molecule has 0 aliphatic carbocycles. The maximum Gasteiger partial charge on any atom is 0.403 e. The van der Waals surface area contributed by atoms with E-state index in [1.54, 1.807) is 6.92 Å².